The molecule has 1 aromatic rings. The summed E-state index contributed by atoms with van der Waals surface area (Å²) in [6.45, 7) is 1.76. The van der Waals surface area contributed by atoms with Gasteiger partial charge in [-0.1, -0.05) is 6.08 Å². The molecule has 0 saturated carbocycles. The minimum atomic E-state index is -0.921. The Kier molecular flexibility index (Phi) is 3.80. The predicted octanol–water partition coefficient (Wildman–Crippen LogP) is 1.56. The summed E-state index contributed by atoms with van der Waals surface area (Å²) in [7, 11) is 1.94. The molecule has 78 valence electrons. The van der Waals surface area contributed by atoms with Gasteiger partial charge in [-0.25, -0.2) is 9.36 Å². The Hall–Kier alpha value is -1.90. The van der Waals surface area contributed by atoms with Crippen LogP contribution in [0, 0.1) is 0 Å². The average Bonchev–Trinajstić information content (AvgIpc) is 2.14. The number of pyridine rings is 1. The van der Waals surface area contributed by atoms with Gasteiger partial charge in [-0.3, -0.25) is 0 Å². The lowest BCUT2D eigenvalue weighted by molar-refractivity contribution is -0.671. The van der Waals surface area contributed by atoms with E-state index in [2.05, 4.69) is 0 Å². The van der Waals surface area contributed by atoms with Gasteiger partial charge in [0.15, 0.2) is 12.4 Å². The third kappa shape index (κ3) is 4.22. The Morgan fingerprint density at radius 3 is 2.87 bits per heavy atom. The van der Waals surface area contributed by atoms with Crippen molar-refractivity contribution in [3.63, 3.8) is 0 Å². The van der Waals surface area contributed by atoms with Crippen LogP contribution in [0.2, 0.25) is 0 Å². The van der Waals surface area contributed by atoms with Gasteiger partial charge in [0.25, 0.3) is 0 Å². The molecule has 0 aromatic carbocycles. The van der Waals surface area contributed by atoms with Gasteiger partial charge in [-0.05, 0) is 24.6 Å². The molecule has 1 aromatic heterocycles. The van der Waals surface area contributed by atoms with Gasteiger partial charge < -0.3 is 5.11 Å². The molecule has 1 rings (SSSR count). The molecule has 0 fully saturated rings. The van der Waals surface area contributed by atoms with Crippen molar-refractivity contribution in [2.75, 3.05) is 0 Å². The minimum Gasteiger partial charge on any atom is -0.478 e. The summed E-state index contributed by atoms with van der Waals surface area (Å²) in [6.07, 6.45) is 8.75. The van der Waals surface area contributed by atoms with E-state index in [1.807, 2.05) is 42.2 Å². The predicted molar refractivity (Wildman–Crippen MR) is 58.0 cm³/mol. The van der Waals surface area contributed by atoms with Crippen LogP contribution < -0.4 is 4.57 Å². The lowest BCUT2D eigenvalue weighted by Crippen LogP contribution is -2.26. The van der Waals surface area contributed by atoms with Crippen LogP contribution in [0.1, 0.15) is 12.5 Å². The Bertz CT molecular complexity index is 419. The molecule has 1 heterocycles. The number of carbonyl (C=O) groups is 1. The van der Waals surface area contributed by atoms with Crippen molar-refractivity contribution < 1.29 is 14.5 Å². The second kappa shape index (κ2) is 5.10. The summed E-state index contributed by atoms with van der Waals surface area (Å²) in [5.41, 5.74) is 1.76. The van der Waals surface area contributed by atoms with E-state index in [1.54, 1.807) is 13.0 Å². The van der Waals surface area contributed by atoms with E-state index >= 15 is 0 Å². The molecule has 0 aliphatic heterocycles. The molecule has 0 amide bonds. The number of hydrogen-bond acceptors (Lipinski definition) is 1. The van der Waals surface area contributed by atoms with Crippen LogP contribution in [-0.4, -0.2) is 11.1 Å². The highest BCUT2D eigenvalue weighted by Gasteiger charge is 1.94. The summed E-state index contributed by atoms with van der Waals surface area (Å²) in [5, 5.41) is 8.51. The average molecular weight is 204 g/mol. The Labute approximate surface area is 89.0 Å². The van der Waals surface area contributed by atoms with Crippen LogP contribution in [0.3, 0.4) is 0 Å². The number of rotatable bonds is 3. The summed E-state index contributed by atoms with van der Waals surface area (Å²) in [6, 6.07) is 3.90. The maximum atomic E-state index is 10.4. The van der Waals surface area contributed by atoms with E-state index in [1.165, 1.54) is 6.08 Å². The van der Waals surface area contributed by atoms with Crippen molar-refractivity contribution in [2.24, 2.45) is 7.05 Å². The molecule has 3 heteroatoms. The highest BCUT2D eigenvalue weighted by molar-refractivity contribution is 5.81. The maximum Gasteiger partial charge on any atom is 0.328 e. The Morgan fingerprint density at radius 2 is 2.27 bits per heavy atom. The van der Waals surface area contributed by atoms with E-state index in [0.29, 0.717) is 5.57 Å². The van der Waals surface area contributed by atoms with Gasteiger partial charge >= 0.3 is 5.97 Å². The zero-order valence-corrected chi connectivity index (χ0v) is 8.84. The fourth-order valence-corrected chi connectivity index (χ4v) is 1.18. The van der Waals surface area contributed by atoms with Gasteiger partial charge in [0.2, 0.25) is 0 Å². The molecule has 0 unspecified atom stereocenters. The third-order valence-corrected chi connectivity index (χ3v) is 1.85. The van der Waals surface area contributed by atoms with Crippen LogP contribution >= 0.6 is 0 Å². The van der Waals surface area contributed by atoms with E-state index in [4.69, 9.17) is 5.11 Å². The number of aryl methyl sites for hydroxylation is 1. The molecule has 0 spiro atoms. The summed E-state index contributed by atoms with van der Waals surface area (Å²) < 4.78 is 1.94. The van der Waals surface area contributed by atoms with Crippen LogP contribution in [0.25, 0.3) is 6.08 Å². The van der Waals surface area contributed by atoms with Crippen molar-refractivity contribution in [2.45, 2.75) is 6.92 Å². The fraction of sp³-hybridized carbons (Fsp3) is 0.167. The van der Waals surface area contributed by atoms with Crippen LogP contribution in [-0.2, 0) is 11.8 Å². The number of aromatic nitrogens is 1. The first-order valence-electron chi connectivity index (χ1n) is 4.62. The quantitative estimate of drug-likeness (QED) is 0.461. The van der Waals surface area contributed by atoms with Gasteiger partial charge in [0, 0.05) is 17.7 Å². The van der Waals surface area contributed by atoms with E-state index in [-0.39, 0.29) is 0 Å². The van der Waals surface area contributed by atoms with Crippen LogP contribution in [0.5, 0.6) is 0 Å². The second-order valence-electron chi connectivity index (χ2n) is 3.36. The fourth-order valence-electron chi connectivity index (χ4n) is 1.18. The number of allylic oxidation sites excluding steroid dienone is 2. The topological polar surface area (TPSA) is 41.2 Å². The number of carboxylic acid groups (broad SMARTS) is 1. The number of hydrogen-bond donors (Lipinski definition) is 1. The standard InChI is InChI=1S/C12H13NO2/c1-10(8-12(14)15)5-6-11-4-3-7-13(2)9-11/h3-9H,1-2H3/p+1/b6-5-,10-8+. The van der Waals surface area contributed by atoms with Gasteiger partial charge in [-0.2, -0.15) is 0 Å². The molecule has 0 aliphatic rings. The van der Waals surface area contributed by atoms with Gasteiger partial charge in [0.1, 0.15) is 7.05 Å². The van der Waals surface area contributed by atoms with Crippen molar-refractivity contribution in [3.8, 4) is 0 Å². The van der Waals surface area contributed by atoms with Crippen molar-refractivity contribution in [1.29, 1.82) is 0 Å². The Morgan fingerprint density at radius 1 is 1.53 bits per heavy atom. The molecular formula is C12H14NO2+. The van der Waals surface area contributed by atoms with E-state index < -0.39 is 5.97 Å². The molecule has 0 bridgehead atoms. The number of carboxylic acids is 1. The molecule has 15 heavy (non-hydrogen) atoms. The molecule has 0 radical (unpaired) electrons. The van der Waals surface area contributed by atoms with Crippen LogP contribution in [0.4, 0.5) is 0 Å². The number of aliphatic carboxylic acids is 1. The molecular weight excluding hydrogens is 190 g/mol. The first kappa shape index (κ1) is 11.2. The zero-order chi connectivity index (χ0) is 11.3. The molecule has 0 aliphatic carbocycles. The maximum absolute atomic E-state index is 10.4. The lowest BCUT2D eigenvalue weighted by atomic mass is 10.2. The van der Waals surface area contributed by atoms with Crippen LogP contribution in [0.15, 0.2) is 42.3 Å². The lowest BCUT2D eigenvalue weighted by Gasteiger charge is -1.91. The monoisotopic (exact) mass is 204 g/mol. The first-order valence-corrected chi connectivity index (χ1v) is 4.62. The second-order valence-corrected chi connectivity index (χ2v) is 3.36. The highest BCUT2D eigenvalue weighted by atomic mass is 16.4. The van der Waals surface area contributed by atoms with E-state index in [0.717, 1.165) is 5.56 Å². The van der Waals surface area contributed by atoms with Crippen molar-refractivity contribution >= 4 is 12.0 Å². The van der Waals surface area contributed by atoms with Gasteiger partial charge in [-0.15, -0.1) is 0 Å². The zero-order valence-electron chi connectivity index (χ0n) is 8.84. The smallest absolute Gasteiger partial charge is 0.328 e. The largest absolute Gasteiger partial charge is 0.478 e. The van der Waals surface area contributed by atoms with Crippen molar-refractivity contribution in [1.82, 2.24) is 0 Å². The summed E-state index contributed by atoms with van der Waals surface area (Å²) in [4.78, 5) is 10.4. The molecule has 0 saturated heterocycles. The third-order valence-electron chi connectivity index (χ3n) is 1.85. The molecule has 0 atom stereocenters. The summed E-state index contributed by atoms with van der Waals surface area (Å²) >= 11 is 0. The SMILES string of the molecule is CC(/C=C\c1ccc[n+](C)c1)=C\C(=O)O. The molecule has 3 nitrogen and oxygen atoms in total. The molecule has 1 N–H and O–H groups in total. The highest BCUT2D eigenvalue weighted by Crippen LogP contribution is 2.02. The van der Waals surface area contributed by atoms with E-state index in [9.17, 15) is 4.79 Å². The minimum absolute atomic E-state index is 0.717. The summed E-state index contributed by atoms with van der Waals surface area (Å²) in [5.74, 6) is -0.921. The van der Waals surface area contributed by atoms with Crippen molar-refractivity contribution in [3.05, 3.63) is 47.8 Å². The normalized spacial score (nSPS) is 12.0. The Balaban J connectivity index is 2.78. The number of nitrogens with zero attached hydrogens (tertiary/aromatic N) is 1. The van der Waals surface area contributed by atoms with Gasteiger partial charge in [0.05, 0.1) is 0 Å². The first-order chi connectivity index (χ1) is 7.08.